The zero-order valence-electron chi connectivity index (χ0n) is 16.0. The Bertz CT molecular complexity index is 851. The smallest absolute Gasteiger partial charge is 0.475 e. The van der Waals surface area contributed by atoms with E-state index in [1.807, 2.05) is 0 Å². The predicted octanol–water partition coefficient (Wildman–Crippen LogP) is 1.64. The molecule has 3 fully saturated rings. The van der Waals surface area contributed by atoms with Crippen LogP contribution >= 0.6 is 0 Å². The van der Waals surface area contributed by atoms with E-state index in [2.05, 4.69) is 15.3 Å². The number of nitrogens with zero attached hydrogens (tertiary/aromatic N) is 3. The summed E-state index contributed by atoms with van der Waals surface area (Å²) >= 11 is 0. The Morgan fingerprint density at radius 1 is 1.30 bits per heavy atom. The van der Waals surface area contributed by atoms with E-state index < -0.39 is 22.2 Å². The maximum Gasteiger partial charge on any atom is 0.490 e. The minimum atomic E-state index is -5.08. The molecule has 2 atom stereocenters. The van der Waals surface area contributed by atoms with Crippen molar-refractivity contribution in [2.24, 2.45) is 0 Å². The molecule has 3 aliphatic rings. The molecule has 1 aliphatic carbocycles. The Balaban J connectivity index is 0.000000318. The largest absolute Gasteiger partial charge is 0.490 e. The van der Waals surface area contributed by atoms with Gasteiger partial charge in [-0.2, -0.15) is 17.5 Å². The highest BCUT2D eigenvalue weighted by Gasteiger charge is 2.49. The van der Waals surface area contributed by atoms with Crippen LogP contribution in [0.15, 0.2) is 18.5 Å². The van der Waals surface area contributed by atoms with E-state index in [0.717, 1.165) is 32.1 Å². The zero-order valence-corrected chi connectivity index (χ0v) is 16.8. The Kier molecular flexibility index (Phi) is 6.53. The molecule has 2 N–H and O–H groups in total. The van der Waals surface area contributed by atoms with E-state index in [4.69, 9.17) is 14.6 Å². The van der Waals surface area contributed by atoms with Crippen molar-refractivity contribution in [2.75, 3.05) is 25.0 Å². The second-order valence-corrected chi connectivity index (χ2v) is 9.81. The van der Waals surface area contributed by atoms with Crippen molar-refractivity contribution in [1.82, 2.24) is 14.3 Å². The van der Waals surface area contributed by atoms with Crippen LogP contribution < -0.4 is 5.32 Å². The average Bonchev–Trinajstić information content (AvgIpc) is 3.48. The maximum absolute atomic E-state index is 12.5. The number of aliphatic carboxylic acids is 1. The normalized spacial score (nSPS) is 27.4. The number of piperidine rings is 1. The fourth-order valence-electron chi connectivity index (χ4n) is 3.63. The van der Waals surface area contributed by atoms with Crippen molar-refractivity contribution < 1.29 is 36.2 Å². The Hall–Kier alpha value is -1.99. The molecule has 3 heterocycles. The highest BCUT2D eigenvalue weighted by atomic mass is 32.2. The van der Waals surface area contributed by atoms with Gasteiger partial charge >= 0.3 is 12.1 Å². The van der Waals surface area contributed by atoms with Gasteiger partial charge in [-0.05, 0) is 31.7 Å². The van der Waals surface area contributed by atoms with Gasteiger partial charge in [-0.3, -0.25) is 0 Å². The van der Waals surface area contributed by atoms with Gasteiger partial charge in [0.05, 0.1) is 23.5 Å². The SMILES string of the molecule is O=C(O)C(F)(F)F.O=S(=O)(C1CC1)N1CCCC2(CC(Nc3ncccn3)CO2)C1. The molecule has 13 heteroatoms. The first kappa shape index (κ1) is 22.7. The van der Waals surface area contributed by atoms with Crippen molar-refractivity contribution in [1.29, 1.82) is 0 Å². The van der Waals surface area contributed by atoms with E-state index in [0.29, 0.717) is 25.6 Å². The zero-order chi connectivity index (χ0) is 22.0. The summed E-state index contributed by atoms with van der Waals surface area (Å²) in [7, 11) is -3.12. The number of carboxylic acid groups (broad SMARTS) is 1. The summed E-state index contributed by atoms with van der Waals surface area (Å²) in [5.74, 6) is -2.16. The second-order valence-electron chi connectivity index (χ2n) is 7.60. The molecule has 168 valence electrons. The minimum absolute atomic E-state index is 0.126. The number of anilines is 1. The van der Waals surface area contributed by atoms with Gasteiger partial charge in [0.15, 0.2) is 0 Å². The standard InChI is InChI=1S/C15H22N4O3S.C2HF3O2/c20-23(21,13-3-4-13)19-8-1-5-15(11-19)9-12(10-22-15)18-14-16-6-2-7-17-14;3-2(4,5)1(6)7/h2,6-7,12-13H,1,3-5,8-11H2,(H,16,17,18);(H,6,7). The molecule has 1 spiro atoms. The van der Waals surface area contributed by atoms with E-state index in [9.17, 15) is 21.6 Å². The van der Waals surface area contributed by atoms with E-state index in [-0.39, 0.29) is 16.9 Å². The summed E-state index contributed by atoms with van der Waals surface area (Å²) in [5, 5.41) is 10.3. The summed E-state index contributed by atoms with van der Waals surface area (Å²) < 4.78 is 64.5. The molecule has 0 aromatic carbocycles. The van der Waals surface area contributed by atoms with E-state index in [1.165, 1.54) is 0 Å². The molecule has 2 saturated heterocycles. The maximum atomic E-state index is 12.5. The number of ether oxygens (including phenoxy) is 1. The van der Waals surface area contributed by atoms with Gasteiger partial charge in [0.25, 0.3) is 0 Å². The average molecular weight is 452 g/mol. The number of rotatable bonds is 4. The van der Waals surface area contributed by atoms with Gasteiger partial charge in [0.2, 0.25) is 16.0 Å². The summed E-state index contributed by atoms with van der Waals surface area (Å²) in [5.41, 5.74) is -0.355. The third-order valence-electron chi connectivity index (χ3n) is 5.16. The van der Waals surface area contributed by atoms with Crippen molar-refractivity contribution >= 4 is 21.9 Å². The summed E-state index contributed by atoms with van der Waals surface area (Å²) in [6, 6.07) is 1.90. The highest BCUT2D eigenvalue weighted by molar-refractivity contribution is 7.90. The van der Waals surface area contributed by atoms with Crippen LogP contribution in [0.4, 0.5) is 19.1 Å². The summed E-state index contributed by atoms with van der Waals surface area (Å²) in [6.07, 6.45) is 2.50. The van der Waals surface area contributed by atoms with Crippen LogP contribution in [0.2, 0.25) is 0 Å². The topological polar surface area (TPSA) is 122 Å². The summed E-state index contributed by atoms with van der Waals surface area (Å²) in [4.78, 5) is 17.3. The van der Waals surface area contributed by atoms with Crippen LogP contribution in [0, 0.1) is 0 Å². The molecule has 1 aromatic rings. The lowest BCUT2D eigenvalue weighted by molar-refractivity contribution is -0.192. The molecule has 2 unspecified atom stereocenters. The number of hydrogen-bond donors (Lipinski definition) is 2. The Labute approximate surface area is 171 Å². The quantitative estimate of drug-likeness (QED) is 0.707. The van der Waals surface area contributed by atoms with E-state index >= 15 is 0 Å². The number of carboxylic acids is 1. The number of aromatic nitrogens is 2. The van der Waals surface area contributed by atoms with Gasteiger partial charge in [-0.25, -0.2) is 23.2 Å². The lowest BCUT2D eigenvalue weighted by Crippen LogP contribution is -2.51. The number of halogens is 3. The lowest BCUT2D eigenvalue weighted by Gasteiger charge is -2.39. The van der Waals surface area contributed by atoms with Crippen molar-refractivity contribution in [2.45, 2.75) is 55.2 Å². The first-order chi connectivity index (χ1) is 14.0. The molecular weight excluding hydrogens is 429 g/mol. The minimum Gasteiger partial charge on any atom is -0.475 e. The molecule has 4 rings (SSSR count). The number of sulfonamides is 1. The molecule has 9 nitrogen and oxygen atoms in total. The first-order valence-electron chi connectivity index (χ1n) is 9.48. The molecule has 2 aliphatic heterocycles. The van der Waals surface area contributed by atoms with Crippen molar-refractivity contribution in [3.8, 4) is 0 Å². The fourth-order valence-corrected chi connectivity index (χ4v) is 5.58. The van der Waals surface area contributed by atoms with Crippen molar-refractivity contribution in [3.05, 3.63) is 18.5 Å². The molecule has 1 saturated carbocycles. The molecule has 0 amide bonds. The third kappa shape index (κ3) is 5.58. The van der Waals surface area contributed by atoms with Gasteiger partial charge in [0, 0.05) is 31.9 Å². The Morgan fingerprint density at radius 2 is 1.93 bits per heavy atom. The van der Waals surface area contributed by atoms with Crippen LogP contribution in [0.1, 0.15) is 32.1 Å². The fraction of sp³-hybridized carbons (Fsp3) is 0.706. The van der Waals surface area contributed by atoms with Crippen LogP contribution in [0.25, 0.3) is 0 Å². The molecular formula is C17H23F3N4O5S. The van der Waals surface area contributed by atoms with Gasteiger partial charge in [-0.1, -0.05) is 0 Å². The number of alkyl halides is 3. The van der Waals surface area contributed by atoms with Gasteiger partial charge < -0.3 is 15.2 Å². The van der Waals surface area contributed by atoms with Gasteiger partial charge in [-0.15, -0.1) is 0 Å². The second kappa shape index (κ2) is 8.63. The van der Waals surface area contributed by atoms with Crippen molar-refractivity contribution in [3.63, 3.8) is 0 Å². The Morgan fingerprint density at radius 3 is 2.50 bits per heavy atom. The lowest BCUT2D eigenvalue weighted by atomic mass is 9.90. The molecule has 1 aromatic heterocycles. The van der Waals surface area contributed by atoms with Crippen LogP contribution in [0.5, 0.6) is 0 Å². The summed E-state index contributed by atoms with van der Waals surface area (Å²) in [6.45, 7) is 1.68. The van der Waals surface area contributed by atoms with Gasteiger partial charge in [0.1, 0.15) is 0 Å². The molecule has 30 heavy (non-hydrogen) atoms. The molecule has 0 radical (unpaired) electrons. The monoisotopic (exact) mass is 452 g/mol. The number of carbonyl (C=O) groups is 1. The van der Waals surface area contributed by atoms with Crippen LogP contribution in [0.3, 0.4) is 0 Å². The number of nitrogens with one attached hydrogen (secondary N) is 1. The first-order valence-corrected chi connectivity index (χ1v) is 11.0. The van der Waals surface area contributed by atoms with Crippen LogP contribution in [-0.4, -0.2) is 76.5 Å². The van der Waals surface area contributed by atoms with Crippen LogP contribution in [-0.2, 0) is 19.6 Å². The number of hydrogen-bond acceptors (Lipinski definition) is 7. The highest BCUT2D eigenvalue weighted by Crippen LogP contribution is 2.39. The molecule has 0 bridgehead atoms. The predicted molar refractivity (Wildman–Crippen MR) is 99.2 cm³/mol. The third-order valence-corrected chi connectivity index (χ3v) is 7.51. The van der Waals surface area contributed by atoms with E-state index in [1.54, 1.807) is 22.8 Å².